The van der Waals surface area contributed by atoms with Crippen molar-refractivity contribution in [2.24, 2.45) is 0 Å². The fourth-order valence-electron chi connectivity index (χ4n) is 2.07. The Labute approximate surface area is 119 Å². The van der Waals surface area contributed by atoms with Crippen molar-refractivity contribution in [3.63, 3.8) is 0 Å². The molecule has 19 heavy (non-hydrogen) atoms. The summed E-state index contributed by atoms with van der Waals surface area (Å²) < 4.78 is 0. The van der Waals surface area contributed by atoms with Crippen molar-refractivity contribution in [3.05, 3.63) is 0 Å². The topological polar surface area (TPSA) is 41.1 Å². The normalized spacial score (nSPS) is 13.3. The van der Waals surface area contributed by atoms with Crippen molar-refractivity contribution in [2.45, 2.75) is 91.1 Å². The summed E-state index contributed by atoms with van der Waals surface area (Å²) in [5.74, 6) is 0.134. The minimum atomic E-state index is -0.123. The fraction of sp³-hybridized carbons (Fsp3) is 0.938. The predicted octanol–water partition coefficient (Wildman–Crippen LogP) is 3.63. The predicted molar refractivity (Wildman–Crippen MR) is 83.4 cm³/mol. The van der Waals surface area contributed by atoms with Crippen LogP contribution in [0.2, 0.25) is 0 Å². The van der Waals surface area contributed by atoms with Gasteiger partial charge in [-0.3, -0.25) is 4.79 Å². The zero-order valence-electron chi connectivity index (χ0n) is 13.6. The maximum atomic E-state index is 11.6. The van der Waals surface area contributed by atoms with Crippen LogP contribution >= 0.6 is 0 Å². The summed E-state index contributed by atoms with van der Waals surface area (Å²) in [7, 11) is 0. The Balaban J connectivity index is 3.47. The molecular formula is C16H34N2O. The molecule has 1 unspecified atom stereocenters. The fourth-order valence-corrected chi connectivity index (χ4v) is 2.07. The van der Waals surface area contributed by atoms with Gasteiger partial charge >= 0.3 is 0 Å². The third-order valence-corrected chi connectivity index (χ3v) is 3.10. The van der Waals surface area contributed by atoms with Crippen LogP contribution in [-0.4, -0.2) is 24.0 Å². The highest BCUT2D eigenvalue weighted by atomic mass is 16.1. The summed E-state index contributed by atoms with van der Waals surface area (Å²) >= 11 is 0. The van der Waals surface area contributed by atoms with E-state index in [4.69, 9.17) is 0 Å². The second-order valence-electron chi connectivity index (χ2n) is 6.61. The lowest BCUT2D eigenvalue weighted by Gasteiger charge is -2.21. The van der Waals surface area contributed by atoms with E-state index in [1.165, 1.54) is 38.5 Å². The zero-order chi connectivity index (χ0) is 14.7. The van der Waals surface area contributed by atoms with E-state index in [0.717, 1.165) is 6.54 Å². The number of rotatable bonds is 10. The van der Waals surface area contributed by atoms with Gasteiger partial charge in [0.15, 0.2) is 0 Å². The van der Waals surface area contributed by atoms with Crippen LogP contribution in [0.25, 0.3) is 0 Å². The zero-order valence-corrected chi connectivity index (χ0v) is 13.6. The molecule has 0 aromatic carbocycles. The van der Waals surface area contributed by atoms with Gasteiger partial charge < -0.3 is 10.6 Å². The maximum absolute atomic E-state index is 11.6. The summed E-state index contributed by atoms with van der Waals surface area (Å²) in [4.78, 5) is 11.6. The van der Waals surface area contributed by atoms with Gasteiger partial charge in [0.05, 0.1) is 0 Å². The van der Waals surface area contributed by atoms with Crippen molar-refractivity contribution >= 4 is 5.91 Å². The van der Waals surface area contributed by atoms with Crippen LogP contribution in [0.3, 0.4) is 0 Å². The second kappa shape index (κ2) is 10.2. The largest absolute Gasteiger partial charge is 0.351 e. The van der Waals surface area contributed by atoms with Gasteiger partial charge in [-0.25, -0.2) is 0 Å². The summed E-state index contributed by atoms with van der Waals surface area (Å²) in [5, 5.41) is 6.41. The maximum Gasteiger partial charge on any atom is 0.221 e. The van der Waals surface area contributed by atoms with Gasteiger partial charge in [0.1, 0.15) is 0 Å². The van der Waals surface area contributed by atoms with E-state index >= 15 is 0 Å². The average molecular weight is 270 g/mol. The standard InChI is InChI=1S/C16H34N2O/c1-6-7-8-9-10-11-14(2)17-13-12-15(19)18-16(3,4)5/h14,17H,6-13H2,1-5H3,(H,18,19). The highest BCUT2D eigenvalue weighted by molar-refractivity contribution is 5.76. The summed E-state index contributed by atoms with van der Waals surface area (Å²) in [6, 6.07) is 0.518. The Morgan fingerprint density at radius 1 is 1.11 bits per heavy atom. The van der Waals surface area contributed by atoms with E-state index in [9.17, 15) is 4.79 Å². The molecule has 1 atom stereocenters. The summed E-state index contributed by atoms with van der Waals surface area (Å²) in [6.07, 6.45) is 8.43. The number of carbonyl (C=O) groups is 1. The molecule has 0 saturated carbocycles. The first-order chi connectivity index (χ1) is 8.85. The molecule has 0 heterocycles. The number of hydrogen-bond donors (Lipinski definition) is 2. The van der Waals surface area contributed by atoms with Crippen LogP contribution in [-0.2, 0) is 4.79 Å². The van der Waals surface area contributed by atoms with Gasteiger partial charge in [0.2, 0.25) is 5.91 Å². The van der Waals surface area contributed by atoms with Crippen LogP contribution in [0, 0.1) is 0 Å². The van der Waals surface area contributed by atoms with Gasteiger partial charge in [-0.2, -0.15) is 0 Å². The van der Waals surface area contributed by atoms with E-state index in [1.54, 1.807) is 0 Å². The molecule has 114 valence electrons. The lowest BCUT2D eigenvalue weighted by atomic mass is 10.1. The highest BCUT2D eigenvalue weighted by Crippen LogP contribution is 2.07. The molecule has 0 aromatic heterocycles. The van der Waals surface area contributed by atoms with Crippen molar-refractivity contribution in [3.8, 4) is 0 Å². The van der Waals surface area contributed by atoms with Crippen molar-refractivity contribution in [1.29, 1.82) is 0 Å². The first-order valence-electron chi connectivity index (χ1n) is 7.89. The second-order valence-corrected chi connectivity index (χ2v) is 6.61. The molecule has 1 amide bonds. The Hall–Kier alpha value is -0.570. The first kappa shape index (κ1) is 18.4. The molecule has 0 aliphatic carbocycles. The Kier molecular flexibility index (Phi) is 9.94. The van der Waals surface area contributed by atoms with E-state index in [-0.39, 0.29) is 11.4 Å². The first-order valence-corrected chi connectivity index (χ1v) is 7.89. The Morgan fingerprint density at radius 3 is 2.32 bits per heavy atom. The van der Waals surface area contributed by atoms with Gasteiger partial charge in [0, 0.05) is 24.5 Å². The molecule has 3 nitrogen and oxygen atoms in total. The summed E-state index contributed by atoms with van der Waals surface area (Å²) in [6.45, 7) is 11.3. The molecule has 0 aliphatic heterocycles. The molecular weight excluding hydrogens is 236 g/mol. The van der Waals surface area contributed by atoms with Crippen molar-refractivity contribution in [1.82, 2.24) is 10.6 Å². The van der Waals surface area contributed by atoms with E-state index < -0.39 is 0 Å². The molecule has 0 bridgehead atoms. The molecule has 3 heteroatoms. The minimum absolute atomic E-state index is 0.123. The van der Waals surface area contributed by atoms with E-state index in [1.807, 2.05) is 20.8 Å². The van der Waals surface area contributed by atoms with Gasteiger partial charge in [0.25, 0.3) is 0 Å². The average Bonchev–Trinajstić information content (AvgIpc) is 2.26. The molecule has 0 radical (unpaired) electrons. The molecule has 0 spiro atoms. The van der Waals surface area contributed by atoms with Crippen molar-refractivity contribution < 1.29 is 4.79 Å². The third-order valence-electron chi connectivity index (χ3n) is 3.10. The van der Waals surface area contributed by atoms with Crippen LogP contribution in [0.15, 0.2) is 0 Å². The SMILES string of the molecule is CCCCCCCC(C)NCCC(=O)NC(C)(C)C. The lowest BCUT2D eigenvalue weighted by Crippen LogP contribution is -2.42. The quantitative estimate of drug-likeness (QED) is 0.595. The van der Waals surface area contributed by atoms with Crippen LogP contribution in [0.4, 0.5) is 0 Å². The third kappa shape index (κ3) is 13.7. The molecule has 2 N–H and O–H groups in total. The van der Waals surface area contributed by atoms with Crippen molar-refractivity contribution in [2.75, 3.05) is 6.54 Å². The monoisotopic (exact) mass is 270 g/mol. The Morgan fingerprint density at radius 2 is 1.74 bits per heavy atom. The van der Waals surface area contributed by atoms with Crippen LogP contribution in [0.5, 0.6) is 0 Å². The minimum Gasteiger partial charge on any atom is -0.351 e. The molecule has 0 rings (SSSR count). The smallest absolute Gasteiger partial charge is 0.221 e. The molecule has 0 saturated heterocycles. The van der Waals surface area contributed by atoms with E-state index in [2.05, 4.69) is 24.5 Å². The molecule has 0 aliphatic rings. The van der Waals surface area contributed by atoms with Crippen LogP contribution in [0.1, 0.15) is 79.6 Å². The molecule has 0 fully saturated rings. The summed E-state index contributed by atoms with van der Waals surface area (Å²) in [5.41, 5.74) is -0.123. The number of hydrogen-bond acceptors (Lipinski definition) is 2. The number of nitrogens with one attached hydrogen (secondary N) is 2. The number of unbranched alkanes of at least 4 members (excludes halogenated alkanes) is 4. The van der Waals surface area contributed by atoms with Gasteiger partial charge in [-0.05, 0) is 34.1 Å². The molecule has 0 aromatic rings. The Bertz CT molecular complexity index is 233. The number of carbonyl (C=O) groups excluding carboxylic acids is 1. The van der Waals surface area contributed by atoms with E-state index in [0.29, 0.717) is 12.5 Å². The number of amides is 1. The van der Waals surface area contributed by atoms with Gasteiger partial charge in [-0.15, -0.1) is 0 Å². The lowest BCUT2D eigenvalue weighted by molar-refractivity contribution is -0.122. The van der Waals surface area contributed by atoms with Crippen LogP contribution < -0.4 is 10.6 Å². The highest BCUT2D eigenvalue weighted by Gasteiger charge is 2.13. The van der Waals surface area contributed by atoms with Gasteiger partial charge in [-0.1, -0.05) is 39.0 Å².